The molecule has 8 nitrogen and oxygen atoms in total. The van der Waals surface area contributed by atoms with Crippen LogP contribution in [-0.2, 0) is 0 Å². The van der Waals surface area contributed by atoms with E-state index in [0.717, 1.165) is 0 Å². The van der Waals surface area contributed by atoms with Gasteiger partial charge in [-0.25, -0.2) is 0 Å². The average molecular weight is 441 g/mol. The van der Waals surface area contributed by atoms with Crippen LogP contribution in [0.3, 0.4) is 0 Å². The summed E-state index contributed by atoms with van der Waals surface area (Å²) in [5.41, 5.74) is 2.66. The van der Waals surface area contributed by atoms with Crippen molar-refractivity contribution < 1.29 is 18.9 Å². The maximum atomic E-state index is 13.5. The number of carbonyl (C=O) groups excluding carboxylic acids is 1. The molecule has 8 heteroatoms. The van der Waals surface area contributed by atoms with Crippen molar-refractivity contribution in [3.63, 3.8) is 0 Å². The number of nitrogens with zero attached hydrogens (tertiary/aromatic N) is 2. The fraction of sp³-hybridized carbons (Fsp3) is 0.0800. The van der Waals surface area contributed by atoms with Crippen molar-refractivity contribution in [2.45, 2.75) is 6.17 Å². The van der Waals surface area contributed by atoms with Crippen LogP contribution in [0, 0.1) is 10.1 Å². The molecule has 0 bridgehead atoms. The molecule has 0 unspecified atom stereocenters. The molecular weight excluding hydrogens is 422 g/mol. The van der Waals surface area contributed by atoms with Crippen molar-refractivity contribution >= 4 is 23.0 Å². The van der Waals surface area contributed by atoms with Crippen molar-refractivity contribution in [3.05, 3.63) is 106 Å². The van der Waals surface area contributed by atoms with E-state index in [2.05, 4.69) is 5.32 Å². The second-order valence-corrected chi connectivity index (χ2v) is 7.47. The van der Waals surface area contributed by atoms with Crippen molar-refractivity contribution in [3.8, 4) is 17.1 Å². The molecule has 2 heterocycles. The first-order valence-corrected chi connectivity index (χ1v) is 10.2. The summed E-state index contributed by atoms with van der Waals surface area (Å²) in [5.74, 6) is 1.60. The first kappa shape index (κ1) is 20.3. The van der Waals surface area contributed by atoms with E-state index < -0.39 is 11.1 Å². The van der Waals surface area contributed by atoms with Gasteiger partial charge in [-0.3, -0.25) is 19.8 Å². The SMILES string of the molecule is COc1ccc(N2C(=O)c3ccccc3N[C@@H]2c2ccc(-c3ccc([N+](=O)[O-])cc3)o2)cc1. The Labute approximate surface area is 189 Å². The third-order valence-electron chi connectivity index (χ3n) is 5.54. The second-order valence-electron chi connectivity index (χ2n) is 7.47. The topological polar surface area (TPSA) is 97.8 Å². The van der Waals surface area contributed by atoms with E-state index in [1.165, 1.54) is 12.1 Å². The fourth-order valence-corrected chi connectivity index (χ4v) is 3.86. The van der Waals surface area contributed by atoms with Gasteiger partial charge in [0.1, 0.15) is 17.3 Å². The first-order chi connectivity index (χ1) is 16.0. The number of anilines is 2. The summed E-state index contributed by atoms with van der Waals surface area (Å²) in [5, 5.41) is 14.3. The zero-order valence-corrected chi connectivity index (χ0v) is 17.6. The highest BCUT2D eigenvalue weighted by Crippen LogP contribution is 2.38. The molecule has 3 aromatic carbocycles. The van der Waals surface area contributed by atoms with E-state index in [1.807, 2.05) is 30.3 Å². The van der Waals surface area contributed by atoms with Crippen molar-refractivity contribution in [2.75, 3.05) is 17.3 Å². The summed E-state index contributed by atoms with van der Waals surface area (Å²) >= 11 is 0. The van der Waals surface area contributed by atoms with Crippen LogP contribution in [0.4, 0.5) is 17.1 Å². The molecular formula is C25H19N3O5. The maximum absolute atomic E-state index is 13.5. The molecule has 0 radical (unpaired) electrons. The number of ether oxygens (including phenoxy) is 1. The van der Waals surface area contributed by atoms with E-state index in [0.29, 0.717) is 39.8 Å². The summed E-state index contributed by atoms with van der Waals surface area (Å²) in [4.78, 5) is 25.6. The molecule has 1 N–H and O–H groups in total. The highest BCUT2D eigenvalue weighted by atomic mass is 16.6. The van der Waals surface area contributed by atoms with Gasteiger partial charge in [-0.1, -0.05) is 12.1 Å². The van der Waals surface area contributed by atoms with Gasteiger partial charge in [0.15, 0.2) is 6.17 Å². The molecule has 0 saturated carbocycles. The van der Waals surface area contributed by atoms with Crippen LogP contribution in [0.15, 0.2) is 89.3 Å². The number of fused-ring (bicyclic) bond motifs is 1. The van der Waals surface area contributed by atoms with Gasteiger partial charge in [0.2, 0.25) is 0 Å². The minimum Gasteiger partial charge on any atom is -0.497 e. The van der Waals surface area contributed by atoms with E-state index in [9.17, 15) is 14.9 Å². The third kappa shape index (κ3) is 3.67. The highest BCUT2D eigenvalue weighted by Gasteiger charge is 2.35. The Morgan fingerprint density at radius 2 is 1.70 bits per heavy atom. The minimum absolute atomic E-state index is 0.00682. The summed E-state index contributed by atoms with van der Waals surface area (Å²) in [7, 11) is 1.59. The minimum atomic E-state index is -0.590. The molecule has 5 rings (SSSR count). The number of nitro benzene ring substituents is 1. The van der Waals surface area contributed by atoms with E-state index in [-0.39, 0.29) is 11.6 Å². The van der Waals surface area contributed by atoms with Gasteiger partial charge in [0.05, 0.1) is 17.6 Å². The highest BCUT2D eigenvalue weighted by molar-refractivity contribution is 6.12. The molecule has 4 aromatic rings. The van der Waals surface area contributed by atoms with Crippen LogP contribution < -0.4 is 15.0 Å². The number of rotatable bonds is 5. The van der Waals surface area contributed by atoms with E-state index in [4.69, 9.17) is 9.15 Å². The van der Waals surface area contributed by atoms with Crippen LogP contribution in [0.5, 0.6) is 5.75 Å². The largest absolute Gasteiger partial charge is 0.497 e. The number of hydrogen-bond acceptors (Lipinski definition) is 6. The molecule has 1 aliphatic heterocycles. The number of nitrogens with one attached hydrogen (secondary N) is 1. The quantitative estimate of drug-likeness (QED) is 0.318. The van der Waals surface area contributed by atoms with Crippen LogP contribution in [0.2, 0.25) is 0 Å². The molecule has 1 aliphatic rings. The van der Waals surface area contributed by atoms with E-state index in [1.54, 1.807) is 54.5 Å². The lowest BCUT2D eigenvalue weighted by atomic mass is 10.1. The Morgan fingerprint density at radius 3 is 2.39 bits per heavy atom. The number of amides is 1. The van der Waals surface area contributed by atoms with Crippen LogP contribution in [0.25, 0.3) is 11.3 Å². The lowest BCUT2D eigenvalue weighted by Gasteiger charge is -2.36. The molecule has 33 heavy (non-hydrogen) atoms. The number of furan rings is 1. The van der Waals surface area contributed by atoms with Crippen molar-refractivity contribution in [2.24, 2.45) is 0 Å². The van der Waals surface area contributed by atoms with Crippen molar-refractivity contribution in [1.29, 1.82) is 0 Å². The zero-order valence-electron chi connectivity index (χ0n) is 17.6. The van der Waals surface area contributed by atoms with Crippen LogP contribution in [0.1, 0.15) is 22.3 Å². The Balaban J connectivity index is 1.54. The number of nitro groups is 1. The molecule has 0 fully saturated rings. The lowest BCUT2D eigenvalue weighted by molar-refractivity contribution is -0.384. The summed E-state index contributed by atoms with van der Waals surface area (Å²) in [6.07, 6.45) is -0.590. The molecule has 0 spiro atoms. The molecule has 1 aromatic heterocycles. The normalized spacial score (nSPS) is 15.0. The predicted molar refractivity (Wildman–Crippen MR) is 123 cm³/mol. The van der Waals surface area contributed by atoms with Gasteiger partial charge in [-0.05, 0) is 60.7 Å². The molecule has 1 amide bonds. The summed E-state index contributed by atoms with van der Waals surface area (Å²) < 4.78 is 11.4. The van der Waals surface area contributed by atoms with Crippen LogP contribution in [-0.4, -0.2) is 17.9 Å². The monoisotopic (exact) mass is 441 g/mol. The van der Waals surface area contributed by atoms with Gasteiger partial charge in [-0.2, -0.15) is 0 Å². The zero-order chi connectivity index (χ0) is 22.9. The molecule has 0 saturated heterocycles. The molecule has 0 aliphatic carbocycles. The van der Waals surface area contributed by atoms with Crippen LogP contribution >= 0.6 is 0 Å². The third-order valence-corrected chi connectivity index (χ3v) is 5.54. The number of non-ortho nitro benzene ring substituents is 1. The standard InChI is InChI=1S/C25H19N3O5/c1-32-19-12-10-17(11-13-19)27-24(26-21-5-3-2-4-20(21)25(27)29)23-15-14-22(33-23)16-6-8-18(9-7-16)28(30)31/h2-15,24,26H,1H3/t24-/m0/s1. The van der Waals surface area contributed by atoms with Crippen molar-refractivity contribution in [1.82, 2.24) is 0 Å². The number of hydrogen-bond donors (Lipinski definition) is 1. The summed E-state index contributed by atoms with van der Waals surface area (Å²) in [6, 6.07) is 24.3. The van der Waals surface area contributed by atoms with Gasteiger partial charge in [-0.15, -0.1) is 0 Å². The summed E-state index contributed by atoms with van der Waals surface area (Å²) in [6.45, 7) is 0. The Kier molecular flexibility index (Phi) is 5.02. The number of para-hydroxylation sites is 1. The fourth-order valence-electron chi connectivity index (χ4n) is 3.86. The number of carbonyl (C=O) groups is 1. The smallest absolute Gasteiger partial charge is 0.269 e. The Bertz CT molecular complexity index is 1330. The Morgan fingerprint density at radius 1 is 0.970 bits per heavy atom. The lowest BCUT2D eigenvalue weighted by Crippen LogP contribution is -2.43. The second kappa shape index (κ2) is 8.16. The average Bonchev–Trinajstić information content (AvgIpc) is 3.34. The maximum Gasteiger partial charge on any atom is 0.269 e. The number of benzene rings is 3. The Hall–Kier alpha value is -4.59. The van der Waals surface area contributed by atoms with Gasteiger partial charge >= 0.3 is 0 Å². The predicted octanol–water partition coefficient (Wildman–Crippen LogP) is 5.63. The molecule has 164 valence electrons. The van der Waals surface area contributed by atoms with Gasteiger partial charge < -0.3 is 14.5 Å². The van der Waals surface area contributed by atoms with Gasteiger partial charge in [0, 0.05) is 29.1 Å². The first-order valence-electron chi connectivity index (χ1n) is 10.2. The molecule has 1 atom stereocenters. The number of methoxy groups -OCH3 is 1. The van der Waals surface area contributed by atoms with Gasteiger partial charge in [0.25, 0.3) is 11.6 Å². The van der Waals surface area contributed by atoms with E-state index >= 15 is 0 Å².